The van der Waals surface area contributed by atoms with Gasteiger partial charge in [0.05, 0.1) is 0 Å². The third kappa shape index (κ3) is 3.06. The van der Waals surface area contributed by atoms with Crippen LogP contribution in [-0.2, 0) is 4.57 Å². The molecular weight excluding hydrogens is 286 g/mol. The van der Waals surface area contributed by atoms with Crippen LogP contribution in [0.5, 0.6) is 5.75 Å². The summed E-state index contributed by atoms with van der Waals surface area (Å²) in [6.45, 7) is 0. The van der Waals surface area contributed by atoms with Crippen LogP contribution in [0.15, 0.2) is 84.9 Å². The monoisotopic (exact) mass is 302 g/mol. The first-order valence-corrected chi connectivity index (χ1v) is 8.43. The van der Waals surface area contributed by atoms with E-state index in [0.717, 1.165) is 15.9 Å². The normalized spacial score (nSPS) is 10.7. The quantitative estimate of drug-likeness (QED) is 0.552. The average molecular weight is 302 g/mol. The van der Waals surface area contributed by atoms with Crippen molar-refractivity contribution in [1.29, 1.82) is 0 Å². The zero-order chi connectivity index (χ0) is 14.7. The van der Waals surface area contributed by atoms with Gasteiger partial charge in [-0.25, -0.2) is 0 Å². The summed E-state index contributed by atoms with van der Waals surface area (Å²) in [6.07, 6.45) is 0. The van der Waals surface area contributed by atoms with Gasteiger partial charge in [0.25, 0.3) is 0 Å². The van der Waals surface area contributed by atoms with Gasteiger partial charge in [-0.15, -0.1) is 0 Å². The first kappa shape index (κ1) is 16.7. The molecule has 0 spiro atoms. The third-order valence-electron chi connectivity index (χ3n) is 3.45. The molecule has 0 radical (unpaired) electrons. The molecule has 0 amide bonds. The molecule has 0 aliphatic rings. The van der Waals surface area contributed by atoms with Gasteiger partial charge in [0, 0.05) is 15.9 Å². The van der Waals surface area contributed by atoms with Crippen molar-refractivity contribution in [2.75, 3.05) is 0 Å². The molecule has 0 aliphatic carbocycles. The summed E-state index contributed by atoms with van der Waals surface area (Å²) in [6, 6.07) is 25.6. The van der Waals surface area contributed by atoms with E-state index in [9.17, 15) is 9.67 Å². The van der Waals surface area contributed by atoms with Crippen LogP contribution in [0.2, 0.25) is 0 Å². The van der Waals surface area contributed by atoms with Gasteiger partial charge in [-0.3, -0.25) is 0 Å². The SMILES string of the molecule is O=P(c1ccccc1)(c1ccccc1)c1ccc(O)cc1.[H-].[Li+]. The van der Waals surface area contributed by atoms with E-state index in [1.54, 1.807) is 24.3 Å². The largest absolute Gasteiger partial charge is 1.00 e. The van der Waals surface area contributed by atoms with Crippen molar-refractivity contribution in [2.45, 2.75) is 0 Å². The topological polar surface area (TPSA) is 37.3 Å². The van der Waals surface area contributed by atoms with E-state index in [4.69, 9.17) is 0 Å². The van der Waals surface area contributed by atoms with Crippen LogP contribution in [0.1, 0.15) is 1.43 Å². The van der Waals surface area contributed by atoms with Crippen LogP contribution in [-0.4, -0.2) is 5.11 Å². The smallest absolute Gasteiger partial charge is 1.00 e. The van der Waals surface area contributed by atoms with Crippen LogP contribution in [0.4, 0.5) is 0 Å². The number of phenols is 1. The van der Waals surface area contributed by atoms with Crippen LogP contribution in [0.25, 0.3) is 0 Å². The van der Waals surface area contributed by atoms with Crippen molar-refractivity contribution in [2.24, 2.45) is 0 Å². The predicted octanol–water partition coefficient (Wildman–Crippen LogP) is 0.148. The Morgan fingerprint density at radius 3 is 1.41 bits per heavy atom. The Morgan fingerprint density at radius 2 is 1.00 bits per heavy atom. The third-order valence-corrected chi connectivity index (χ3v) is 6.53. The maximum Gasteiger partial charge on any atom is 1.00 e. The summed E-state index contributed by atoms with van der Waals surface area (Å²) in [4.78, 5) is 0. The molecule has 0 fully saturated rings. The molecule has 0 unspecified atom stereocenters. The van der Waals surface area contributed by atoms with Gasteiger partial charge >= 0.3 is 18.9 Å². The number of aromatic hydroxyl groups is 1. The molecule has 0 heterocycles. The zero-order valence-corrected chi connectivity index (χ0v) is 13.3. The molecule has 0 bridgehead atoms. The van der Waals surface area contributed by atoms with Crippen molar-refractivity contribution in [3.05, 3.63) is 84.9 Å². The Kier molecular flexibility index (Phi) is 5.32. The van der Waals surface area contributed by atoms with E-state index in [2.05, 4.69) is 0 Å². The molecule has 1 N–H and O–H groups in total. The molecule has 0 saturated carbocycles. The fraction of sp³-hybridized carbons (Fsp3) is 0. The molecule has 4 heteroatoms. The molecule has 0 aliphatic heterocycles. The summed E-state index contributed by atoms with van der Waals surface area (Å²) in [5.74, 6) is 0.173. The summed E-state index contributed by atoms with van der Waals surface area (Å²) in [5, 5.41) is 11.8. The molecule has 0 aromatic heterocycles. The van der Waals surface area contributed by atoms with Crippen LogP contribution >= 0.6 is 7.14 Å². The Hall–Kier alpha value is -1.71. The van der Waals surface area contributed by atoms with Crippen molar-refractivity contribution in [3.63, 3.8) is 0 Å². The van der Waals surface area contributed by atoms with Gasteiger partial charge in [0.2, 0.25) is 0 Å². The van der Waals surface area contributed by atoms with Crippen molar-refractivity contribution < 1.29 is 30.0 Å². The fourth-order valence-electron chi connectivity index (χ4n) is 2.39. The molecule has 22 heavy (non-hydrogen) atoms. The van der Waals surface area contributed by atoms with Crippen molar-refractivity contribution >= 4 is 23.1 Å². The number of rotatable bonds is 3. The number of benzene rings is 3. The second kappa shape index (κ2) is 7.03. The van der Waals surface area contributed by atoms with E-state index in [0.29, 0.717) is 0 Å². The first-order chi connectivity index (χ1) is 10.2. The Labute approximate surface area is 143 Å². The van der Waals surface area contributed by atoms with Gasteiger partial charge in [0.1, 0.15) is 5.75 Å². The van der Waals surface area contributed by atoms with Gasteiger partial charge in [-0.05, 0) is 24.3 Å². The maximum absolute atomic E-state index is 13.8. The number of hydrogen-bond acceptors (Lipinski definition) is 2. The first-order valence-electron chi connectivity index (χ1n) is 6.72. The van der Waals surface area contributed by atoms with E-state index in [1.165, 1.54) is 0 Å². The molecule has 106 valence electrons. The van der Waals surface area contributed by atoms with Gasteiger partial charge in [-0.2, -0.15) is 0 Å². The molecule has 2 nitrogen and oxygen atoms in total. The van der Waals surface area contributed by atoms with E-state index in [-0.39, 0.29) is 26.0 Å². The van der Waals surface area contributed by atoms with Gasteiger partial charge in [-0.1, -0.05) is 60.7 Å². The van der Waals surface area contributed by atoms with Gasteiger partial charge < -0.3 is 11.1 Å². The predicted molar refractivity (Wildman–Crippen MR) is 88.6 cm³/mol. The summed E-state index contributed by atoms with van der Waals surface area (Å²) >= 11 is 0. The number of hydrogen-bond donors (Lipinski definition) is 1. The van der Waals surface area contributed by atoms with Crippen LogP contribution in [0.3, 0.4) is 0 Å². The van der Waals surface area contributed by atoms with Gasteiger partial charge in [0.15, 0.2) is 7.14 Å². The molecule has 3 aromatic carbocycles. The second-order valence-electron chi connectivity index (χ2n) is 4.80. The number of phenolic OH excluding ortho intramolecular Hbond substituents is 1. The molecule has 0 atom stereocenters. The zero-order valence-electron chi connectivity index (χ0n) is 13.4. The second-order valence-corrected chi connectivity index (χ2v) is 7.56. The van der Waals surface area contributed by atoms with E-state index in [1.807, 2.05) is 60.7 Å². The Balaban J connectivity index is 0.00000132. The van der Waals surface area contributed by atoms with Crippen LogP contribution < -0.4 is 34.8 Å². The van der Waals surface area contributed by atoms with Crippen LogP contribution in [0, 0.1) is 0 Å². The van der Waals surface area contributed by atoms with E-state index < -0.39 is 7.14 Å². The molecule has 3 rings (SSSR count). The summed E-state index contributed by atoms with van der Waals surface area (Å²) < 4.78 is 13.8. The minimum atomic E-state index is -2.91. The van der Waals surface area contributed by atoms with Crippen molar-refractivity contribution in [1.82, 2.24) is 0 Å². The maximum atomic E-state index is 13.8. The average Bonchev–Trinajstić information content (AvgIpc) is 2.56. The Bertz CT molecular complexity index is 734. The fourth-order valence-corrected chi connectivity index (χ4v) is 5.03. The molecule has 3 aromatic rings. The standard InChI is InChI=1S/C18H15O2P.Li.H/c19-15-11-13-18(14-12-15)21(20,16-7-3-1-4-8-16)17-9-5-2-6-10-17;;/h1-14,19H;;/q;+1;-1. The minimum Gasteiger partial charge on any atom is -1.00 e. The Morgan fingerprint density at radius 1 is 0.636 bits per heavy atom. The minimum absolute atomic E-state index is 0. The molecule has 0 saturated heterocycles. The van der Waals surface area contributed by atoms with E-state index >= 15 is 0 Å². The summed E-state index contributed by atoms with van der Waals surface area (Å²) in [5.41, 5.74) is 0. The van der Waals surface area contributed by atoms with Crippen molar-refractivity contribution in [3.8, 4) is 5.75 Å². The summed E-state index contributed by atoms with van der Waals surface area (Å²) in [7, 11) is -2.91. The molecular formula is C18H16LiO2P.